The van der Waals surface area contributed by atoms with E-state index >= 15 is 0 Å². The zero-order chi connectivity index (χ0) is 20.2. The summed E-state index contributed by atoms with van der Waals surface area (Å²) in [6.07, 6.45) is 0. The SMILES string of the molecule is CC1(C)Oc2ccc(C(=O)c3ccccc3)c(O)c2[C@H]2c3ccccc3OC[C@H]21. The molecule has 0 spiro atoms. The van der Waals surface area contributed by atoms with Crippen LogP contribution in [0.5, 0.6) is 17.2 Å². The molecular formula is C25H22O4. The zero-order valence-corrected chi connectivity index (χ0v) is 16.4. The first-order valence-electron chi connectivity index (χ1n) is 9.84. The number of rotatable bonds is 2. The number of carbonyl (C=O) groups is 1. The van der Waals surface area contributed by atoms with Gasteiger partial charge in [-0.1, -0.05) is 48.5 Å². The summed E-state index contributed by atoms with van der Waals surface area (Å²) in [4.78, 5) is 13.1. The molecule has 1 N–H and O–H groups in total. The molecule has 0 unspecified atom stereocenters. The molecule has 0 aliphatic carbocycles. The Labute approximate surface area is 169 Å². The fourth-order valence-electron chi connectivity index (χ4n) is 4.59. The third kappa shape index (κ3) is 2.70. The van der Waals surface area contributed by atoms with Gasteiger partial charge in [0.1, 0.15) is 22.8 Å². The Morgan fingerprint density at radius 2 is 1.69 bits per heavy atom. The van der Waals surface area contributed by atoms with Crippen molar-refractivity contribution in [2.45, 2.75) is 25.4 Å². The summed E-state index contributed by atoms with van der Waals surface area (Å²) < 4.78 is 12.3. The molecule has 5 rings (SSSR count). The van der Waals surface area contributed by atoms with Gasteiger partial charge in [0.15, 0.2) is 5.78 Å². The summed E-state index contributed by atoms with van der Waals surface area (Å²) in [5, 5.41) is 11.3. The topological polar surface area (TPSA) is 55.8 Å². The Bertz CT molecular complexity index is 1100. The van der Waals surface area contributed by atoms with Crippen LogP contribution in [0.1, 0.15) is 46.8 Å². The molecule has 29 heavy (non-hydrogen) atoms. The van der Waals surface area contributed by atoms with E-state index in [0.717, 1.165) is 11.3 Å². The molecule has 2 aliphatic heterocycles. The van der Waals surface area contributed by atoms with Crippen molar-refractivity contribution in [1.82, 2.24) is 0 Å². The van der Waals surface area contributed by atoms with E-state index in [2.05, 4.69) is 0 Å². The highest BCUT2D eigenvalue weighted by Gasteiger charge is 2.49. The monoisotopic (exact) mass is 386 g/mol. The molecule has 2 atom stereocenters. The first-order chi connectivity index (χ1) is 14.0. The average molecular weight is 386 g/mol. The van der Waals surface area contributed by atoms with Gasteiger partial charge in [-0.2, -0.15) is 0 Å². The van der Waals surface area contributed by atoms with Gasteiger partial charge in [-0.05, 0) is 32.0 Å². The number of aromatic hydroxyl groups is 1. The van der Waals surface area contributed by atoms with Gasteiger partial charge in [0, 0.05) is 28.5 Å². The Hall–Kier alpha value is -3.27. The predicted octanol–water partition coefficient (Wildman–Crippen LogP) is 4.93. The lowest BCUT2D eigenvalue weighted by Crippen LogP contribution is -2.49. The highest BCUT2D eigenvalue weighted by atomic mass is 16.5. The molecule has 0 fully saturated rings. The third-order valence-electron chi connectivity index (χ3n) is 6.11. The molecular weight excluding hydrogens is 364 g/mol. The second-order valence-electron chi connectivity index (χ2n) is 8.21. The number of hydrogen-bond donors (Lipinski definition) is 1. The van der Waals surface area contributed by atoms with E-state index in [9.17, 15) is 9.90 Å². The van der Waals surface area contributed by atoms with Gasteiger partial charge < -0.3 is 14.6 Å². The minimum absolute atomic E-state index is 0.00134. The number of hydrogen-bond acceptors (Lipinski definition) is 4. The Balaban J connectivity index is 1.71. The maximum atomic E-state index is 13.1. The number of carbonyl (C=O) groups excluding carboxylic acids is 1. The molecule has 0 radical (unpaired) electrons. The van der Waals surface area contributed by atoms with Gasteiger partial charge >= 0.3 is 0 Å². The Morgan fingerprint density at radius 3 is 2.48 bits per heavy atom. The van der Waals surface area contributed by atoms with Crippen molar-refractivity contribution >= 4 is 5.78 Å². The fraction of sp³-hybridized carbons (Fsp3) is 0.240. The fourth-order valence-corrected chi connectivity index (χ4v) is 4.59. The van der Waals surface area contributed by atoms with Crippen molar-refractivity contribution in [3.63, 3.8) is 0 Å². The van der Waals surface area contributed by atoms with E-state index in [1.54, 1.807) is 24.3 Å². The van der Waals surface area contributed by atoms with Gasteiger partial charge in [0.25, 0.3) is 0 Å². The second-order valence-corrected chi connectivity index (χ2v) is 8.21. The van der Waals surface area contributed by atoms with Crippen LogP contribution in [-0.2, 0) is 0 Å². The molecule has 0 amide bonds. The molecule has 3 aromatic rings. The summed E-state index contributed by atoms with van der Waals surface area (Å²) in [7, 11) is 0. The normalized spacial score (nSPS) is 21.0. The van der Waals surface area contributed by atoms with Gasteiger partial charge in [0.05, 0.1) is 12.2 Å². The van der Waals surface area contributed by atoms with Crippen LogP contribution in [0.25, 0.3) is 0 Å². The van der Waals surface area contributed by atoms with Gasteiger partial charge in [-0.3, -0.25) is 4.79 Å². The number of benzene rings is 3. The van der Waals surface area contributed by atoms with E-state index in [1.165, 1.54) is 0 Å². The van der Waals surface area contributed by atoms with Crippen LogP contribution < -0.4 is 9.47 Å². The number of fused-ring (bicyclic) bond motifs is 5. The van der Waals surface area contributed by atoms with Crippen molar-refractivity contribution in [2.24, 2.45) is 5.92 Å². The summed E-state index contributed by atoms with van der Waals surface area (Å²) in [6, 6.07) is 20.4. The first kappa shape index (κ1) is 17.8. The molecule has 4 heteroatoms. The van der Waals surface area contributed by atoms with Crippen molar-refractivity contribution in [3.8, 4) is 17.2 Å². The van der Waals surface area contributed by atoms with Crippen LogP contribution in [0.15, 0.2) is 66.7 Å². The van der Waals surface area contributed by atoms with Crippen LogP contribution >= 0.6 is 0 Å². The van der Waals surface area contributed by atoms with E-state index < -0.39 is 5.60 Å². The van der Waals surface area contributed by atoms with Crippen molar-refractivity contribution < 1.29 is 19.4 Å². The smallest absolute Gasteiger partial charge is 0.196 e. The highest BCUT2D eigenvalue weighted by Crippen LogP contribution is 2.55. The highest BCUT2D eigenvalue weighted by molar-refractivity contribution is 6.11. The number of para-hydroxylation sites is 1. The summed E-state index contributed by atoms with van der Waals surface area (Å²) >= 11 is 0. The Morgan fingerprint density at radius 1 is 0.966 bits per heavy atom. The average Bonchev–Trinajstić information content (AvgIpc) is 2.73. The van der Waals surface area contributed by atoms with E-state index in [0.29, 0.717) is 29.0 Å². The van der Waals surface area contributed by atoms with E-state index in [1.807, 2.05) is 56.3 Å². The standard InChI is InChI=1S/C25H22O4/c1-25(2)18-14-28-19-11-7-6-10-16(19)21(18)22-20(29-25)13-12-17(24(22)27)23(26)15-8-4-3-5-9-15/h3-13,18,21,27H,14H2,1-2H3/t18-,21+/m1/s1. The second kappa shape index (κ2) is 6.38. The zero-order valence-electron chi connectivity index (χ0n) is 16.4. The van der Waals surface area contributed by atoms with Crippen LogP contribution in [0.2, 0.25) is 0 Å². The van der Waals surface area contributed by atoms with Crippen LogP contribution in [-0.4, -0.2) is 23.1 Å². The number of phenolic OH excluding ortho intramolecular Hbond substituents is 1. The number of phenols is 1. The maximum absolute atomic E-state index is 13.1. The molecule has 2 heterocycles. The van der Waals surface area contributed by atoms with Crippen LogP contribution in [0.4, 0.5) is 0 Å². The number of ketones is 1. The predicted molar refractivity (Wildman–Crippen MR) is 110 cm³/mol. The Kier molecular flexibility index (Phi) is 3.91. The van der Waals surface area contributed by atoms with E-state index in [4.69, 9.17) is 9.47 Å². The summed E-state index contributed by atoms with van der Waals surface area (Å²) in [5.41, 5.74) is 2.06. The lowest BCUT2D eigenvalue weighted by Gasteiger charge is -2.47. The van der Waals surface area contributed by atoms with Gasteiger partial charge in [-0.15, -0.1) is 0 Å². The van der Waals surface area contributed by atoms with Gasteiger partial charge in [0.2, 0.25) is 0 Å². The first-order valence-corrected chi connectivity index (χ1v) is 9.84. The van der Waals surface area contributed by atoms with Crippen molar-refractivity contribution in [1.29, 1.82) is 0 Å². The molecule has 4 nitrogen and oxygen atoms in total. The maximum Gasteiger partial charge on any atom is 0.196 e. The van der Waals surface area contributed by atoms with Crippen molar-refractivity contribution in [3.05, 3.63) is 89.0 Å². The van der Waals surface area contributed by atoms with Crippen LogP contribution in [0.3, 0.4) is 0 Å². The molecule has 146 valence electrons. The molecule has 0 bridgehead atoms. The minimum atomic E-state index is -0.470. The van der Waals surface area contributed by atoms with Crippen molar-refractivity contribution in [2.75, 3.05) is 6.61 Å². The minimum Gasteiger partial charge on any atom is -0.507 e. The lowest BCUT2D eigenvalue weighted by molar-refractivity contribution is -0.0144. The molecule has 3 aromatic carbocycles. The van der Waals surface area contributed by atoms with Crippen LogP contribution in [0, 0.1) is 5.92 Å². The molecule has 0 saturated carbocycles. The number of ether oxygens (including phenoxy) is 2. The third-order valence-corrected chi connectivity index (χ3v) is 6.11. The lowest BCUT2D eigenvalue weighted by atomic mass is 9.69. The quantitative estimate of drug-likeness (QED) is 0.634. The summed E-state index contributed by atoms with van der Waals surface area (Å²) in [5.74, 6) is 1.14. The summed E-state index contributed by atoms with van der Waals surface area (Å²) in [6.45, 7) is 4.58. The molecule has 0 saturated heterocycles. The van der Waals surface area contributed by atoms with Gasteiger partial charge in [-0.25, -0.2) is 0 Å². The van der Waals surface area contributed by atoms with E-state index in [-0.39, 0.29) is 23.4 Å². The largest absolute Gasteiger partial charge is 0.507 e. The molecule has 0 aromatic heterocycles. The molecule has 2 aliphatic rings.